The fraction of sp³-hybridized carbons (Fsp3) is 0.667. The first-order chi connectivity index (χ1) is 10.1. The fourth-order valence-corrected chi connectivity index (χ4v) is 3.13. The molecule has 3 atom stereocenters. The van der Waals surface area contributed by atoms with E-state index >= 15 is 0 Å². The van der Waals surface area contributed by atoms with Crippen LogP contribution in [0.2, 0.25) is 0 Å². The first-order valence-electron chi connectivity index (χ1n) is 8.13. The Bertz CT molecular complexity index is 408. The Morgan fingerprint density at radius 3 is 2.43 bits per heavy atom. The van der Waals surface area contributed by atoms with Gasteiger partial charge < -0.3 is 9.84 Å². The van der Waals surface area contributed by atoms with E-state index < -0.39 is 6.10 Å². The number of aryl methyl sites for hydroxylation is 1. The summed E-state index contributed by atoms with van der Waals surface area (Å²) in [6, 6.07) is 9.48. The molecule has 0 radical (unpaired) electrons. The number of rotatable bonds is 6. The number of piperidine rings is 1. The van der Waals surface area contributed by atoms with Gasteiger partial charge in [-0.15, -0.1) is 0 Å². The van der Waals surface area contributed by atoms with E-state index in [0.717, 1.165) is 12.1 Å². The van der Waals surface area contributed by atoms with Crippen molar-refractivity contribution in [3.63, 3.8) is 0 Å². The number of hydrogen-bond acceptors (Lipinski definition) is 3. The van der Waals surface area contributed by atoms with Gasteiger partial charge in [0.2, 0.25) is 0 Å². The quantitative estimate of drug-likeness (QED) is 0.874. The fourth-order valence-electron chi connectivity index (χ4n) is 3.13. The van der Waals surface area contributed by atoms with E-state index in [1.165, 1.54) is 24.8 Å². The van der Waals surface area contributed by atoms with Crippen molar-refractivity contribution in [2.45, 2.75) is 64.8 Å². The van der Waals surface area contributed by atoms with Crippen LogP contribution in [0.15, 0.2) is 24.3 Å². The third-order valence-electron chi connectivity index (χ3n) is 4.50. The van der Waals surface area contributed by atoms with Gasteiger partial charge in [0.25, 0.3) is 0 Å². The molecule has 0 spiro atoms. The molecule has 0 saturated carbocycles. The number of hydrogen-bond donors (Lipinski definition) is 1. The maximum Gasteiger partial charge on any atom is 0.0900 e. The highest BCUT2D eigenvalue weighted by molar-refractivity contribution is 5.20. The summed E-state index contributed by atoms with van der Waals surface area (Å²) < 4.78 is 5.66. The zero-order chi connectivity index (χ0) is 15.2. The Balaban J connectivity index is 1.71. The molecule has 0 bridgehead atoms. The smallest absolute Gasteiger partial charge is 0.0900 e. The van der Waals surface area contributed by atoms with Crippen LogP contribution in [0.25, 0.3) is 0 Å². The number of ether oxygens (including phenoxy) is 1. The topological polar surface area (TPSA) is 32.7 Å². The van der Waals surface area contributed by atoms with Crippen molar-refractivity contribution in [3.05, 3.63) is 35.4 Å². The number of likely N-dealkylation sites (tertiary alicyclic amines) is 1. The van der Waals surface area contributed by atoms with Crippen LogP contribution in [0.3, 0.4) is 0 Å². The van der Waals surface area contributed by atoms with Crippen LogP contribution in [-0.4, -0.2) is 41.3 Å². The second-order valence-corrected chi connectivity index (χ2v) is 6.48. The molecule has 1 aromatic carbocycles. The van der Waals surface area contributed by atoms with Crippen molar-refractivity contribution < 1.29 is 9.84 Å². The lowest BCUT2D eigenvalue weighted by Crippen LogP contribution is -2.48. The first-order valence-corrected chi connectivity index (χ1v) is 8.13. The van der Waals surface area contributed by atoms with Gasteiger partial charge in [0.1, 0.15) is 0 Å². The van der Waals surface area contributed by atoms with Gasteiger partial charge in [-0.05, 0) is 39.2 Å². The SMILES string of the molecule is Cc1ccc(COC[C@H](O)CN2[C@H](C)CCC[C@@H]2C)cc1. The summed E-state index contributed by atoms with van der Waals surface area (Å²) >= 11 is 0. The van der Waals surface area contributed by atoms with Crippen LogP contribution in [0.4, 0.5) is 0 Å². The molecule has 21 heavy (non-hydrogen) atoms. The minimum absolute atomic E-state index is 0.404. The minimum Gasteiger partial charge on any atom is -0.389 e. The van der Waals surface area contributed by atoms with Gasteiger partial charge in [-0.1, -0.05) is 36.2 Å². The Morgan fingerprint density at radius 2 is 1.81 bits per heavy atom. The van der Waals surface area contributed by atoms with Crippen molar-refractivity contribution in [1.29, 1.82) is 0 Å². The Kier molecular flexibility index (Phi) is 6.22. The molecule has 1 aromatic rings. The van der Waals surface area contributed by atoms with Gasteiger partial charge in [0, 0.05) is 18.6 Å². The Hall–Kier alpha value is -0.900. The molecule has 1 aliphatic heterocycles. The molecule has 3 nitrogen and oxygen atoms in total. The van der Waals surface area contributed by atoms with Gasteiger partial charge >= 0.3 is 0 Å². The summed E-state index contributed by atoms with van der Waals surface area (Å²) in [5.41, 5.74) is 2.42. The molecule has 1 N–H and O–H groups in total. The maximum atomic E-state index is 10.2. The highest BCUT2D eigenvalue weighted by atomic mass is 16.5. The zero-order valence-corrected chi connectivity index (χ0v) is 13.6. The lowest BCUT2D eigenvalue weighted by molar-refractivity contribution is -0.0135. The third kappa shape index (κ3) is 5.10. The van der Waals surface area contributed by atoms with Crippen LogP contribution in [-0.2, 0) is 11.3 Å². The maximum absolute atomic E-state index is 10.2. The molecule has 0 amide bonds. The predicted octanol–water partition coefficient (Wildman–Crippen LogP) is 3.14. The molecule has 2 rings (SSSR count). The van der Waals surface area contributed by atoms with Crippen molar-refractivity contribution in [2.24, 2.45) is 0 Å². The van der Waals surface area contributed by atoms with Gasteiger partial charge in [0.15, 0.2) is 0 Å². The second-order valence-electron chi connectivity index (χ2n) is 6.48. The number of aliphatic hydroxyl groups is 1. The molecule has 3 heteroatoms. The van der Waals surface area contributed by atoms with E-state index in [1.54, 1.807) is 0 Å². The van der Waals surface area contributed by atoms with E-state index in [0.29, 0.717) is 25.3 Å². The summed E-state index contributed by atoms with van der Waals surface area (Å²) in [6.45, 7) is 8.29. The molecule has 1 saturated heterocycles. The lowest BCUT2D eigenvalue weighted by Gasteiger charge is -2.40. The molecule has 1 heterocycles. The summed E-state index contributed by atoms with van der Waals surface area (Å²) in [5, 5.41) is 10.2. The molecule has 1 fully saturated rings. The van der Waals surface area contributed by atoms with Crippen LogP contribution in [0.1, 0.15) is 44.2 Å². The van der Waals surface area contributed by atoms with E-state index in [9.17, 15) is 5.11 Å². The molecule has 118 valence electrons. The monoisotopic (exact) mass is 291 g/mol. The van der Waals surface area contributed by atoms with Crippen LogP contribution < -0.4 is 0 Å². The largest absolute Gasteiger partial charge is 0.389 e. The summed E-state index contributed by atoms with van der Waals surface area (Å²) in [4.78, 5) is 2.42. The Morgan fingerprint density at radius 1 is 1.19 bits per heavy atom. The number of nitrogens with zero attached hydrogens (tertiary/aromatic N) is 1. The van der Waals surface area contributed by atoms with Crippen LogP contribution >= 0.6 is 0 Å². The zero-order valence-electron chi connectivity index (χ0n) is 13.6. The van der Waals surface area contributed by atoms with Gasteiger partial charge in [-0.25, -0.2) is 0 Å². The molecule has 1 aliphatic rings. The van der Waals surface area contributed by atoms with Gasteiger partial charge in [-0.3, -0.25) is 4.90 Å². The van der Waals surface area contributed by atoms with Crippen molar-refractivity contribution in [2.75, 3.05) is 13.2 Å². The average Bonchev–Trinajstić information content (AvgIpc) is 2.45. The molecular weight excluding hydrogens is 262 g/mol. The van der Waals surface area contributed by atoms with E-state index in [4.69, 9.17) is 4.74 Å². The van der Waals surface area contributed by atoms with Crippen molar-refractivity contribution >= 4 is 0 Å². The molecule has 0 aliphatic carbocycles. The standard InChI is InChI=1S/C18H29NO2/c1-14-7-9-17(10-8-14)12-21-13-18(20)11-19-15(2)5-4-6-16(19)3/h7-10,15-16,18,20H,4-6,11-13H2,1-3H3/t15-,16+,18-/m1/s1. The van der Waals surface area contributed by atoms with E-state index in [-0.39, 0.29) is 0 Å². The van der Waals surface area contributed by atoms with Gasteiger partial charge in [0.05, 0.1) is 19.3 Å². The van der Waals surface area contributed by atoms with E-state index in [1.807, 2.05) is 0 Å². The average molecular weight is 291 g/mol. The normalized spacial score (nSPS) is 25.0. The minimum atomic E-state index is -0.404. The number of benzene rings is 1. The predicted molar refractivity (Wildman–Crippen MR) is 86.3 cm³/mol. The van der Waals surface area contributed by atoms with Crippen LogP contribution in [0, 0.1) is 6.92 Å². The second kappa shape index (κ2) is 7.92. The van der Waals surface area contributed by atoms with Crippen molar-refractivity contribution in [1.82, 2.24) is 4.90 Å². The van der Waals surface area contributed by atoms with Crippen molar-refractivity contribution in [3.8, 4) is 0 Å². The molecule has 0 aromatic heterocycles. The van der Waals surface area contributed by atoms with Gasteiger partial charge in [-0.2, -0.15) is 0 Å². The molecule has 0 unspecified atom stereocenters. The molecular formula is C18H29NO2. The third-order valence-corrected chi connectivity index (χ3v) is 4.50. The number of aliphatic hydroxyl groups excluding tert-OH is 1. The summed E-state index contributed by atoms with van der Waals surface area (Å²) in [5.74, 6) is 0. The summed E-state index contributed by atoms with van der Waals surface area (Å²) in [7, 11) is 0. The summed E-state index contributed by atoms with van der Waals surface area (Å²) in [6.07, 6.45) is 3.37. The van der Waals surface area contributed by atoms with Crippen LogP contribution in [0.5, 0.6) is 0 Å². The first kappa shape index (κ1) is 16.5. The highest BCUT2D eigenvalue weighted by Crippen LogP contribution is 2.22. The lowest BCUT2D eigenvalue weighted by atomic mass is 9.97. The Labute approximate surface area is 128 Å². The van der Waals surface area contributed by atoms with E-state index in [2.05, 4.69) is 49.9 Å². The number of β-amino-alcohol motifs (C(OH)–C–C–N with tert-alkyl or cyclic N) is 1. The highest BCUT2D eigenvalue weighted by Gasteiger charge is 2.26.